The van der Waals surface area contributed by atoms with E-state index in [0.29, 0.717) is 0 Å². The highest BCUT2D eigenvalue weighted by atomic mass is 16.5. The smallest absolute Gasteiger partial charge is 0.311 e. The van der Waals surface area contributed by atoms with Gasteiger partial charge in [0.25, 0.3) is 0 Å². The molecule has 0 bridgehead atoms. The summed E-state index contributed by atoms with van der Waals surface area (Å²) in [5, 5.41) is 8.94. The van der Waals surface area contributed by atoms with Gasteiger partial charge >= 0.3 is 5.97 Å². The second-order valence-electron chi connectivity index (χ2n) is 7.62. The van der Waals surface area contributed by atoms with Gasteiger partial charge in [-0.3, -0.25) is 4.79 Å². The number of aliphatic hydroxyl groups is 1. The van der Waals surface area contributed by atoms with Crippen molar-refractivity contribution in [3.05, 3.63) is 0 Å². The summed E-state index contributed by atoms with van der Waals surface area (Å²) in [7, 11) is 0. The second-order valence-corrected chi connectivity index (χ2v) is 7.62. The van der Waals surface area contributed by atoms with E-state index in [9.17, 15) is 4.79 Å². The number of nitrogens with zero attached hydrogens (tertiary/aromatic N) is 1. The number of hydrogen-bond donors (Lipinski definition) is 1. The highest BCUT2D eigenvalue weighted by Gasteiger charge is 2.30. The van der Waals surface area contributed by atoms with Crippen molar-refractivity contribution >= 4 is 5.97 Å². The van der Waals surface area contributed by atoms with Crippen LogP contribution in [0.3, 0.4) is 0 Å². The Balaban J connectivity index is 0. The lowest BCUT2D eigenvalue weighted by Crippen LogP contribution is -2.30. The average molecular weight is 374 g/mol. The Morgan fingerprint density at radius 1 is 0.923 bits per heavy atom. The van der Waals surface area contributed by atoms with Crippen LogP contribution in [-0.2, 0) is 9.53 Å². The van der Waals surface area contributed by atoms with Crippen LogP contribution in [0.5, 0.6) is 0 Å². The first-order chi connectivity index (χ1) is 12.3. The number of ether oxygens (including phenoxy) is 1. The number of carbonyl (C=O) groups excluding carboxylic acids is 1. The molecular weight excluding hydrogens is 326 g/mol. The van der Waals surface area contributed by atoms with Gasteiger partial charge in [-0.05, 0) is 65.6 Å². The van der Waals surface area contributed by atoms with Gasteiger partial charge < -0.3 is 14.7 Å². The molecule has 0 fully saturated rings. The van der Waals surface area contributed by atoms with E-state index in [2.05, 4.69) is 25.7 Å². The predicted molar refractivity (Wildman–Crippen MR) is 112 cm³/mol. The third kappa shape index (κ3) is 14.5. The minimum atomic E-state index is -0.582. The van der Waals surface area contributed by atoms with Crippen LogP contribution in [0.4, 0.5) is 0 Å². The molecule has 0 spiro atoms. The number of aliphatic hydroxyl groups excluding tert-OH is 1. The molecule has 1 N–H and O–H groups in total. The minimum absolute atomic E-state index is 0.0917. The zero-order valence-electron chi connectivity index (χ0n) is 18.8. The molecule has 26 heavy (non-hydrogen) atoms. The predicted octanol–water partition coefficient (Wildman–Crippen LogP) is 5.43. The fraction of sp³-hybridized carbons (Fsp3) is 0.955. The van der Waals surface area contributed by atoms with E-state index in [1.54, 1.807) is 6.92 Å². The van der Waals surface area contributed by atoms with Gasteiger partial charge in [-0.2, -0.15) is 0 Å². The zero-order valence-corrected chi connectivity index (χ0v) is 18.8. The molecule has 0 saturated heterocycles. The van der Waals surface area contributed by atoms with Gasteiger partial charge in [-0.25, -0.2) is 0 Å². The summed E-state index contributed by atoms with van der Waals surface area (Å²) in [6.45, 7) is 18.3. The lowest BCUT2D eigenvalue weighted by Gasteiger charge is -2.24. The molecule has 0 aliphatic rings. The molecular formula is C22H47NO3. The minimum Gasteiger partial charge on any atom is -0.463 e. The number of carbonyl (C=O) groups is 1. The van der Waals surface area contributed by atoms with Gasteiger partial charge in [0.2, 0.25) is 0 Å². The SMILES string of the molecule is CCC(C)(CC)C(=O)OCC(C)O.CCCCN(CCCC)CCCC. The number of esters is 1. The first kappa shape index (κ1) is 27.6. The van der Waals surface area contributed by atoms with Crippen molar-refractivity contribution in [3.63, 3.8) is 0 Å². The molecule has 1 unspecified atom stereocenters. The fourth-order valence-corrected chi connectivity index (χ4v) is 2.39. The summed E-state index contributed by atoms with van der Waals surface area (Å²) >= 11 is 0. The van der Waals surface area contributed by atoms with E-state index in [0.717, 1.165) is 12.8 Å². The van der Waals surface area contributed by atoms with Crippen LogP contribution in [0.25, 0.3) is 0 Å². The summed E-state index contributed by atoms with van der Waals surface area (Å²) in [6, 6.07) is 0. The third-order valence-corrected chi connectivity index (χ3v) is 4.99. The van der Waals surface area contributed by atoms with E-state index in [4.69, 9.17) is 9.84 Å². The van der Waals surface area contributed by atoms with Gasteiger partial charge in [0.05, 0.1) is 11.5 Å². The Labute approximate surface area is 163 Å². The van der Waals surface area contributed by atoms with Crippen LogP contribution in [0.2, 0.25) is 0 Å². The molecule has 4 nitrogen and oxygen atoms in total. The van der Waals surface area contributed by atoms with Gasteiger partial charge in [0.1, 0.15) is 6.61 Å². The van der Waals surface area contributed by atoms with Crippen molar-refractivity contribution < 1.29 is 14.6 Å². The summed E-state index contributed by atoms with van der Waals surface area (Å²) in [5.74, 6) is -0.210. The number of hydrogen-bond acceptors (Lipinski definition) is 4. The van der Waals surface area contributed by atoms with Crippen LogP contribution in [0.15, 0.2) is 0 Å². The molecule has 0 heterocycles. The molecule has 0 aromatic carbocycles. The van der Waals surface area contributed by atoms with Crippen LogP contribution < -0.4 is 0 Å². The quantitative estimate of drug-likeness (QED) is 0.413. The Hall–Kier alpha value is -0.610. The largest absolute Gasteiger partial charge is 0.463 e. The molecule has 1 atom stereocenters. The molecule has 0 aromatic rings. The molecule has 0 rings (SSSR count). The summed E-state index contributed by atoms with van der Waals surface area (Å²) in [4.78, 5) is 14.1. The van der Waals surface area contributed by atoms with E-state index >= 15 is 0 Å². The normalized spacial score (nSPS) is 12.5. The Bertz CT molecular complexity index is 295. The van der Waals surface area contributed by atoms with Crippen LogP contribution >= 0.6 is 0 Å². The van der Waals surface area contributed by atoms with E-state index < -0.39 is 11.5 Å². The summed E-state index contributed by atoms with van der Waals surface area (Å²) < 4.78 is 4.96. The molecule has 0 aliphatic carbocycles. The first-order valence-electron chi connectivity index (χ1n) is 10.9. The van der Waals surface area contributed by atoms with Crippen molar-refractivity contribution in [2.45, 2.75) is 106 Å². The maximum atomic E-state index is 11.5. The molecule has 4 heteroatoms. The van der Waals surface area contributed by atoms with Gasteiger partial charge in [-0.15, -0.1) is 0 Å². The lowest BCUT2D eigenvalue weighted by molar-refractivity contribution is -0.158. The number of rotatable bonds is 14. The van der Waals surface area contributed by atoms with Crippen molar-refractivity contribution in [1.82, 2.24) is 4.90 Å². The molecule has 0 radical (unpaired) electrons. The first-order valence-corrected chi connectivity index (χ1v) is 10.9. The third-order valence-electron chi connectivity index (χ3n) is 4.99. The van der Waals surface area contributed by atoms with E-state index in [1.807, 2.05) is 20.8 Å². The van der Waals surface area contributed by atoms with Crippen LogP contribution in [-0.4, -0.2) is 48.3 Å². The monoisotopic (exact) mass is 373 g/mol. The Kier molecular flexibility index (Phi) is 18.9. The van der Waals surface area contributed by atoms with Gasteiger partial charge in [0.15, 0.2) is 0 Å². The molecule has 0 amide bonds. The fourth-order valence-electron chi connectivity index (χ4n) is 2.39. The maximum absolute atomic E-state index is 11.5. The van der Waals surface area contributed by atoms with Gasteiger partial charge in [-0.1, -0.05) is 53.9 Å². The lowest BCUT2D eigenvalue weighted by atomic mass is 9.85. The zero-order chi connectivity index (χ0) is 20.4. The molecule has 0 saturated carbocycles. The van der Waals surface area contributed by atoms with Crippen LogP contribution in [0.1, 0.15) is 99.8 Å². The summed E-state index contributed by atoms with van der Waals surface area (Å²) in [5.41, 5.74) is -0.394. The number of unbranched alkanes of at least 4 members (excludes halogenated alkanes) is 3. The molecule has 0 aliphatic heterocycles. The highest BCUT2D eigenvalue weighted by Crippen LogP contribution is 2.26. The van der Waals surface area contributed by atoms with Crippen molar-refractivity contribution in [1.29, 1.82) is 0 Å². The van der Waals surface area contributed by atoms with Gasteiger partial charge in [0, 0.05) is 0 Å². The van der Waals surface area contributed by atoms with Crippen LogP contribution in [0, 0.1) is 5.41 Å². The average Bonchev–Trinajstić information content (AvgIpc) is 2.65. The molecule has 158 valence electrons. The standard InChI is InChI=1S/C12H27N.C10H20O3/c1-4-7-10-13(11-8-5-2)12-9-6-3;1-5-10(4,6-2)9(12)13-7-8(3)11/h4-12H2,1-3H3;8,11H,5-7H2,1-4H3. The molecule has 0 aromatic heterocycles. The van der Waals surface area contributed by atoms with Crippen molar-refractivity contribution in [2.24, 2.45) is 5.41 Å². The Morgan fingerprint density at radius 2 is 1.31 bits per heavy atom. The maximum Gasteiger partial charge on any atom is 0.311 e. The highest BCUT2D eigenvalue weighted by molar-refractivity contribution is 5.76. The van der Waals surface area contributed by atoms with E-state index in [-0.39, 0.29) is 12.6 Å². The Morgan fingerprint density at radius 3 is 1.58 bits per heavy atom. The van der Waals surface area contributed by atoms with E-state index in [1.165, 1.54) is 58.2 Å². The van der Waals surface area contributed by atoms with Crippen molar-refractivity contribution in [3.8, 4) is 0 Å². The summed E-state index contributed by atoms with van der Waals surface area (Å²) in [6.07, 6.45) is 9.04. The second kappa shape index (κ2) is 17.8. The topological polar surface area (TPSA) is 49.8 Å². The van der Waals surface area contributed by atoms with Crippen molar-refractivity contribution in [2.75, 3.05) is 26.2 Å².